The Morgan fingerprint density at radius 3 is 2.62 bits per heavy atom. The lowest BCUT2D eigenvalue weighted by Crippen LogP contribution is -2.20. The Labute approximate surface area is 91.1 Å². The number of hydrogen-bond donors (Lipinski definition) is 2. The van der Waals surface area contributed by atoms with E-state index in [1.807, 2.05) is 0 Å². The summed E-state index contributed by atoms with van der Waals surface area (Å²) in [5.74, 6) is -0.786. The van der Waals surface area contributed by atoms with Crippen LogP contribution >= 0.6 is 0 Å². The minimum absolute atomic E-state index is 0.0106. The van der Waals surface area contributed by atoms with Crippen LogP contribution in [0, 0.1) is 10.1 Å². The summed E-state index contributed by atoms with van der Waals surface area (Å²) in [6.45, 7) is 0. The first-order chi connectivity index (χ1) is 7.47. The van der Waals surface area contributed by atoms with Gasteiger partial charge < -0.3 is 16.2 Å². The number of carbonyl (C=O) groups excluding carboxylic acids is 1. The van der Waals surface area contributed by atoms with Crippen molar-refractivity contribution in [2.24, 2.45) is 11.5 Å². The molecule has 1 aromatic rings. The van der Waals surface area contributed by atoms with E-state index in [1.54, 1.807) is 0 Å². The quantitative estimate of drug-likeness (QED) is 0.433. The molecule has 86 valence electrons. The first-order valence-corrected chi connectivity index (χ1v) is 4.34. The standard InChI is InChI=1S/C9H11N3O4/c1-16-9(11)6-3-2-5(12(14)15)4-7(6)8(10)13/h2-4,9H,11H2,1H3,(H2,10,13). The number of nitro groups is 1. The van der Waals surface area contributed by atoms with E-state index < -0.39 is 17.1 Å². The number of primary amides is 1. The molecule has 0 saturated carbocycles. The Bertz CT molecular complexity index is 433. The Balaban J connectivity index is 3.30. The number of amides is 1. The first-order valence-electron chi connectivity index (χ1n) is 4.34. The summed E-state index contributed by atoms with van der Waals surface area (Å²) >= 11 is 0. The van der Waals surface area contributed by atoms with Crippen molar-refractivity contribution in [2.75, 3.05) is 7.11 Å². The molecule has 0 fully saturated rings. The average molecular weight is 225 g/mol. The number of rotatable bonds is 4. The molecule has 0 bridgehead atoms. The maximum absolute atomic E-state index is 11.1. The molecule has 0 spiro atoms. The molecule has 7 heteroatoms. The highest BCUT2D eigenvalue weighted by Crippen LogP contribution is 2.22. The van der Waals surface area contributed by atoms with E-state index in [-0.39, 0.29) is 11.3 Å². The molecule has 1 amide bonds. The van der Waals surface area contributed by atoms with Gasteiger partial charge in [0.25, 0.3) is 5.69 Å². The van der Waals surface area contributed by atoms with E-state index >= 15 is 0 Å². The third-order valence-corrected chi connectivity index (χ3v) is 2.07. The Kier molecular flexibility index (Phi) is 3.54. The van der Waals surface area contributed by atoms with Crippen molar-refractivity contribution in [3.63, 3.8) is 0 Å². The fourth-order valence-corrected chi connectivity index (χ4v) is 1.25. The molecular weight excluding hydrogens is 214 g/mol. The largest absolute Gasteiger partial charge is 0.366 e. The number of nitrogens with zero attached hydrogens (tertiary/aromatic N) is 1. The number of carbonyl (C=O) groups is 1. The summed E-state index contributed by atoms with van der Waals surface area (Å²) in [7, 11) is 1.36. The van der Waals surface area contributed by atoms with Crippen LogP contribution in [-0.4, -0.2) is 17.9 Å². The van der Waals surface area contributed by atoms with Gasteiger partial charge in [-0.15, -0.1) is 0 Å². The van der Waals surface area contributed by atoms with Crippen molar-refractivity contribution in [3.05, 3.63) is 39.4 Å². The van der Waals surface area contributed by atoms with Crippen molar-refractivity contribution >= 4 is 11.6 Å². The number of nitro benzene ring substituents is 1. The fourth-order valence-electron chi connectivity index (χ4n) is 1.25. The van der Waals surface area contributed by atoms with Crippen LogP contribution in [0.1, 0.15) is 22.1 Å². The van der Waals surface area contributed by atoms with E-state index in [2.05, 4.69) is 0 Å². The second kappa shape index (κ2) is 4.69. The molecule has 0 radical (unpaired) electrons. The van der Waals surface area contributed by atoms with Crippen LogP contribution in [0.4, 0.5) is 5.69 Å². The maximum atomic E-state index is 11.1. The van der Waals surface area contributed by atoms with Crippen molar-refractivity contribution in [1.82, 2.24) is 0 Å². The predicted molar refractivity (Wildman–Crippen MR) is 55.6 cm³/mol. The predicted octanol–water partition coefficient (Wildman–Crippen LogP) is 0.297. The van der Waals surface area contributed by atoms with Gasteiger partial charge in [-0.3, -0.25) is 14.9 Å². The van der Waals surface area contributed by atoms with Gasteiger partial charge in [0, 0.05) is 24.8 Å². The summed E-state index contributed by atoms with van der Waals surface area (Å²) in [6.07, 6.45) is -0.844. The average Bonchev–Trinajstić information content (AvgIpc) is 2.26. The number of benzene rings is 1. The Hall–Kier alpha value is -1.99. The van der Waals surface area contributed by atoms with Crippen LogP contribution in [0.2, 0.25) is 0 Å². The van der Waals surface area contributed by atoms with E-state index in [4.69, 9.17) is 16.2 Å². The fraction of sp³-hybridized carbons (Fsp3) is 0.222. The van der Waals surface area contributed by atoms with Crippen LogP contribution in [-0.2, 0) is 4.74 Å². The van der Waals surface area contributed by atoms with Gasteiger partial charge in [0.05, 0.1) is 10.5 Å². The van der Waals surface area contributed by atoms with Crippen molar-refractivity contribution < 1.29 is 14.5 Å². The molecule has 1 atom stereocenters. The van der Waals surface area contributed by atoms with Crippen molar-refractivity contribution in [2.45, 2.75) is 6.23 Å². The Morgan fingerprint density at radius 2 is 2.19 bits per heavy atom. The lowest BCUT2D eigenvalue weighted by atomic mass is 10.0. The number of non-ortho nitro benzene ring substituents is 1. The second-order valence-electron chi connectivity index (χ2n) is 3.05. The summed E-state index contributed by atoms with van der Waals surface area (Å²) in [4.78, 5) is 21.0. The topological polar surface area (TPSA) is 121 Å². The van der Waals surface area contributed by atoms with Gasteiger partial charge in [-0.05, 0) is 6.07 Å². The summed E-state index contributed by atoms with van der Waals surface area (Å²) in [5, 5.41) is 10.5. The first kappa shape index (κ1) is 12.1. The van der Waals surface area contributed by atoms with Crippen LogP contribution in [0.15, 0.2) is 18.2 Å². The van der Waals surface area contributed by atoms with Crippen LogP contribution in [0.5, 0.6) is 0 Å². The number of ether oxygens (including phenoxy) is 1. The minimum atomic E-state index is -0.844. The van der Waals surface area contributed by atoms with Gasteiger partial charge in [0.15, 0.2) is 0 Å². The zero-order valence-electron chi connectivity index (χ0n) is 8.54. The summed E-state index contributed by atoms with van der Waals surface area (Å²) in [5.41, 5.74) is 10.8. The lowest BCUT2D eigenvalue weighted by Gasteiger charge is -2.12. The highest BCUT2D eigenvalue weighted by atomic mass is 16.6. The van der Waals surface area contributed by atoms with Crippen LogP contribution < -0.4 is 11.5 Å². The Morgan fingerprint density at radius 1 is 1.56 bits per heavy atom. The van der Waals surface area contributed by atoms with Crippen molar-refractivity contribution in [1.29, 1.82) is 0 Å². The molecule has 0 aliphatic heterocycles. The van der Waals surface area contributed by atoms with Crippen LogP contribution in [0.25, 0.3) is 0 Å². The van der Waals surface area contributed by atoms with Gasteiger partial charge in [0.1, 0.15) is 6.23 Å². The van der Waals surface area contributed by atoms with Gasteiger partial charge in [-0.25, -0.2) is 0 Å². The molecule has 0 aliphatic rings. The van der Waals surface area contributed by atoms with Gasteiger partial charge in [0.2, 0.25) is 5.91 Å². The molecule has 4 N–H and O–H groups in total. The number of hydrogen-bond acceptors (Lipinski definition) is 5. The normalized spacial score (nSPS) is 12.1. The van der Waals surface area contributed by atoms with Crippen molar-refractivity contribution in [3.8, 4) is 0 Å². The minimum Gasteiger partial charge on any atom is -0.366 e. The molecule has 0 aliphatic carbocycles. The third-order valence-electron chi connectivity index (χ3n) is 2.07. The van der Waals surface area contributed by atoms with E-state index in [0.29, 0.717) is 5.56 Å². The third kappa shape index (κ3) is 2.33. The van der Waals surface area contributed by atoms with Crippen LogP contribution in [0.3, 0.4) is 0 Å². The van der Waals surface area contributed by atoms with E-state index in [1.165, 1.54) is 19.2 Å². The molecular formula is C9H11N3O4. The molecule has 1 rings (SSSR count). The SMILES string of the molecule is COC(N)c1ccc([N+](=O)[O-])cc1C(N)=O. The molecule has 1 unspecified atom stereocenters. The molecule has 0 saturated heterocycles. The maximum Gasteiger partial charge on any atom is 0.270 e. The smallest absolute Gasteiger partial charge is 0.270 e. The van der Waals surface area contributed by atoms with Gasteiger partial charge in [-0.2, -0.15) is 0 Å². The lowest BCUT2D eigenvalue weighted by molar-refractivity contribution is -0.384. The molecule has 0 aromatic heterocycles. The highest BCUT2D eigenvalue weighted by Gasteiger charge is 2.18. The monoisotopic (exact) mass is 225 g/mol. The zero-order chi connectivity index (χ0) is 12.3. The van der Waals surface area contributed by atoms with E-state index in [0.717, 1.165) is 6.07 Å². The summed E-state index contributed by atoms with van der Waals surface area (Å²) in [6, 6.07) is 3.67. The zero-order valence-corrected chi connectivity index (χ0v) is 8.54. The molecule has 7 nitrogen and oxygen atoms in total. The van der Waals surface area contributed by atoms with E-state index in [9.17, 15) is 14.9 Å². The number of nitrogens with two attached hydrogens (primary N) is 2. The molecule has 1 aromatic carbocycles. The molecule has 0 heterocycles. The van der Waals surface area contributed by atoms with Gasteiger partial charge >= 0.3 is 0 Å². The van der Waals surface area contributed by atoms with Gasteiger partial charge in [-0.1, -0.05) is 0 Å². The molecule has 16 heavy (non-hydrogen) atoms. The number of methoxy groups -OCH3 is 1. The highest BCUT2D eigenvalue weighted by molar-refractivity contribution is 5.95. The second-order valence-corrected chi connectivity index (χ2v) is 3.05. The summed E-state index contributed by atoms with van der Waals surface area (Å²) < 4.78 is 4.83.